The Bertz CT molecular complexity index is 871. The van der Waals surface area contributed by atoms with Crippen LogP contribution in [0.3, 0.4) is 0 Å². The van der Waals surface area contributed by atoms with Gasteiger partial charge in [-0.1, -0.05) is 0 Å². The number of aromatic nitrogens is 2. The van der Waals surface area contributed by atoms with E-state index in [0.717, 1.165) is 38.3 Å². The van der Waals surface area contributed by atoms with Crippen LogP contribution in [0.5, 0.6) is 0 Å². The summed E-state index contributed by atoms with van der Waals surface area (Å²) in [5.74, 6) is 0.219. The molecule has 11 heteroatoms. The normalized spacial score (nSPS) is 25.6. The third-order valence-electron chi connectivity index (χ3n) is 5.79. The van der Waals surface area contributed by atoms with Crippen LogP contribution in [0, 0.1) is 5.92 Å². The summed E-state index contributed by atoms with van der Waals surface area (Å²) in [5.41, 5.74) is -2.04. The molecule has 3 rings (SSSR count). The van der Waals surface area contributed by atoms with Crippen molar-refractivity contribution in [1.29, 1.82) is 0 Å². The van der Waals surface area contributed by atoms with E-state index in [9.17, 15) is 27.1 Å². The molecule has 1 unspecified atom stereocenters. The van der Waals surface area contributed by atoms with Crippen LogP contribution in [0.25, 0.3) is 0 Å². The van der Waals surface area contributed by atoms with E-state index in [1.54, 1.807) is 0 Å². The van der Waals surface area contributed by atoms with Crippen molar-refractivity contribution in [3.05, 3.63) is 28.4 Å². The smallest absolute Gasteiger partial charge is 0.280 e. The van der Waals surface area contributed by atoms with Gasteiger partial charge in [0, 0.05) is 32.2 Å². The maximum atomic E-state index is 12.6. The first-order chi connectivity index (χ1) is 13.6. The zero-order valence-electron chi connectivity index (χ0n) is 16.5. The molecule has 8 nitrogen and oxygen atoms in total. The van der Waals surface area contributed by atoms with Crippen molar-refractivity contribution < 1.29 is 22.3 Å². The van der Waals surface area contributed by atoms with Gasteiger partial charge in [0.05, 0.1) is 18.2 Å². The number of alkyl halides is 2. The average molecular weight is 435 g/mol. The van der Waals surface area contributed by atoms with Gasteiger partial charge in [-0.05, 0) is 44.7 Å². The lowest BCUT2D eigenvalue weighted by atomic mass is 9.91. The summed E-state index contributed by atoms with van der Waals surface area (Å²) in [5, 5.41) is 10.9. The van der Waals surface area contributed by atoms with Crippen molar-refractivity contribution >= 4 is 10.0 Å². The molecule has 1 aromatic rings. The van der Waals surface area contributed by atoms with Crippen LogP contribution in [0.2, 0.25) is 0 Å². The fraction of sp³-hybridized carbons (Fsp3) is 0.778. The van der Waals surface area contributed by atoms with E-state index in [1.807, 2.05) is 0 Å². The Balaban J connectivity index is 1.52. The maximum absolute atomic E-state index is 12.6. The summed E-state index contributed by atoms with van der Waals surface area (Å²) in [6.45, 7) is 2.84. The van der Waals surface area contributed by atoms with E-state index in [4.69, 9.17) is 0 Å². The molecule has 0 spiro atoms. The van der Waals surface area contributed by atoms with Crippen molar-refractivity contribution in [2.75, 3.05) is 39.0 Å². The molecule has 1 atom stereocenters. The molecule has 2 fully saturated rings. The Labute approximate surface area is 169 Å². The molecule has 0 radical (unpaired) electrons. The number of hydrogen-bond donors (Lipinski definition) is 1. The second-order valence-electron chi connectivity index (χ2n) is 8.25. The molecule has 0 aliphatic carbocycles. The lowest BCUT2D eigenvalue weighted by Gasteiger charge is -2.42. The third kappa shape index (κ3) is 5.80. The summed E-state index contributed by atoms with van der Waals surface area (Å²) in [4.78, 5) is 17.8. The highest BCUT2D eigenvalue weighted by molar-refractivity contribution is 7.88. The fourth-order valence-electron chi connectivity index (χ4n) is 4.20. The van der Waals surface area contributed by atoms with Crippen LogP contribution >= 0.6 is 0 Å². The van der Waals surface area contributed by atoms with Gasteiger partial charge < -0.3 is 10.0 Å². The summed E-state index contributed by atoms with van der Waals surface area (Å²) >= 11 is 0. The molecule has 164 valence electrons. The van der Waals surface area contributed by atoms with Gasteiger partial charge in [-0.3, -0.25) is 9.36 Å². The predicted molar refractivity (Wildman–Crippen MR) is 103 cm³/mol. The van der Waals surface area contributed by atoms with Crippen LogP contribution in [0.1, 0.15) is 37.8 Å². The summed E-state index contributed by atoms with van der Waals surface area (Å²) < 4.78 is 51.5. The second kappa shape index (κ2) is 8.75. The summed E-state index contributed by atoms with van der Waals surface area (Å²) in [6.07, 6.45) is 2.38. The van der Waals surface area contributed by atoms with Crippen molar-refractivity contribution in [1.82, 2.24) is 18.8 Å². The fourth-order valence-corrected chi connectivity index (χ4v) is 5.14. The molecule has 1 aromatic heterocycles. The minimum absolute atomic E-state index is 0.114. The van der Waals surface area contributed by atoms with E-state index in [1.165, 1.54) is 15.2 Å². The first kappa shape index (κ1) is 22.3. The highest BCUT2D eigenvalue weighted by Crippen LogP contribution is 2.27. The Morgan fingerprint density at radius 3 is 2.59 bits per heavy atom. The molecule has 3 heterocycles. The Hall–Kier alpha value is -1.43. The highest BCUT2D eigenvalue weighted by atomic mass is 32.2. The monoisotopic (exact) mass is 434 g/mol. The number of nitrogens with zero attached hydrogens (tertiary/aromatic N) is 4. The van der Waals surface area contributed by atoms with Crippen LogP contribution in [-0.4, -0.2) is 76.9 Å². The molecule has 2 saturated heterocycles. The van der Waals surface area contributed by atoms with Crippen molar-refractivity contribution in [2.24, 2.45) is 5.92 Å². The van der Waals surface area contributed by atoms with Gasteiger partial charge in [0.25, 0.3) is 12.0 Å². The molecule has 29 heavy (non-hydrogen) atoms. The number of piperidine rings is 2. The molecule has 0 amide bonds. The van der Waals surface area contributed by atoms with Gasteiger partial charge in [-0.2, -0.15) is 4.31 Å². The molecular weight excluding hydrogens is 406 g/mol. The van der Waals surface area contributed by atoms with Crippen LogP contribution in [0.15, 0.2) is 17.2 Å². The Kier molecular flexibility index (Phi) is 6.71. The molecule has 1 N–H and O–H groups in total. The average Bonchev–Trinajstić information content (AvgIpc) is 2.64. The van der Waals surface area contributed by atoms with E-state index < -0.39 is 33.3 Å². The standard InChI is InChI=1S/C18H28F2N4O4S/c1-29(27,28)24-6-2-5-18(26,12-24)11-22-7-3-14(4-8-22)10-23-13-21-15(17(19)20)9-16(23)25/h9,13-14,17,26H,2-8,10-12H2,1H3. The Morgan fingerprint density at radius 2 is 2.00 bits per heavy atom. The lowest BCUT2D eigenvalue weighted by Crippen LogP contribution is -2.56. The Morgan fingerprint density at radius 1 is 1.31 bits per heavy atom. The highest BCUT2D eigenvalue weighted by Gasteiger charge is 2.38. The van der Waals surface area contributed by atoms with Crippen LogP contribution < -0.4 is 5.56 Å². The molecule has 0 aromatic carbocycles. The second-order valence-corrected chi connectivity index (χ2v) is 10.2. The number of β-amino-alcohol motifs (C(OH)–C–C–N with tert-alkyl or cyclic N) is 1. The van der Waals surface area contributed by atoms with E-state index >= 15 is 0 Å². The quantitative estimate of drug-likeness (QED) is 0.708. The molecule has 0 saturated carbocycles. The van der Waals surface area contributed by atoms with Gasteiger partial charge in [0.2, 0.25) is 10.0 Å². The first-order valence-electron chi connectivity index (χ1n) is 9.80. The first-order valence-corrected chi connectivity index (χ1v) is 11.6. The number of likely N-dealkylation sites (tertiary alicyclic amines) is 1. The van der Waals surface area contributed by atoms with E-state index in [0.29, 0.717) is 32.5 Å². The van der Waals surface area contributed by atoms with Crippen molar-refractivity contribution in [2.45, 2.75) is 44.3 Å². The SMILES string of the molecule is CS(=O)(=O)N1CCCC(O)(CN2CCC(Cn3cnc(C(F)F)cc3=O)CC2)C1. The van der Waals surface area contributed by atoms with Crippen molar-refractivity contribution in [3.63, 3.8) is 0 Å². The van der Waals surface area contributed by atoms with Gasteiger partial charge in [-0.25, -0.2) is 22.2 Å². The van der Waals surface area contributed by atoms with Crippen LogP contribution in [0.4, 0.5) is 8.78 Å². The molecule has 2 aliphatic rings. The maximum Gasteiger partial charge on any atom is 0.280 e. The number of sulfonamides is 1. The van der Waals surface area contributed by atoms with Gasteiger partial charge >= 0.3 is 0 Å². The predicted octanol–water partition coefficient (Wildman–Crippen LogP) is 0.679. The minimum Gasteiger partial charge on any atom is -0.387 e. The van der Waals surface area contributed by atoms with Gasteiger partial charge in [0.15, 0.2) is 0 Å². The van der Waals surface area contributed by atoms with Crippen molar-refractivity contribution in [3.8, 4) is 0 Å². The largest absolute Gasteiger partial charge is 0.387 e. The minimum atomic E-state index is -3.32. The number of aliphatic hydroxyl groups is 1. The van der Waals surface area contributed by atoms with Gasteiger partial charge in [0.1, 0.15) is 5.69 Å². The third-order valence-corrected chi connectivity index (χ3v) is 7.04. The van der Waals surface area contributed by atoms with Crippen LogP contribution in [-0.2, 0) is 16.6 Å². The zero-order valence-corrected chi connectivity index (χ0v) is 17.3. The van der Waals surface area contributed by atoms with E-state index in [2.05, 4.69) is 9.88 Å². The summed E-state index contributed by atoms with van der Waals surface area (Å²) in [7, 11) is -3.32. The zero-order chi connectivity index (χ0) is 21.2. The number of hydrogen-bond acceptors (Lipinski definition) is 6. The van der Waals surface area contributed by atoms with Gasteiger partial charge in [-0.15, -0.1) is 0 Å². The topological polar surface area (TPSA) is 95.7 Å². The molecule has 2 aliphatic heterocycles. The number of rotatable bonds is 6. The van der Waals surface area contributed by atoms with E-state index in [-0.39, 0.29) is 12.5 Å². The molecule has 0 bridgehead atoms. The summed E-state index contributed by atoms with van der Waals surface area (Å²) in [6, 6.07) is 0.881. The lowest BCUT2D eigenvalue weighted by molar-refractivity contribution is -0.0408. The number of halogens is 2. The molecular formula is C18H28F2N4O4S.